The Hall–Kier alpha value is -0.580. The highest BCUT2D eigenvalue weighted by Gasteiger charge is 2.26. The molecule has 102 valence electrons. The second-order valence-corrected chi connectivity index (χ2v) is 5.55. The summed E-state index contributed by atoms with van der Waals surface area (Å²) in [6.07, 6.45) is 3.76. The SMILES string of the molecule is Cc1nn(C)c(COCC2CCCC2CN)c1Cl. The molecule has 2 atom stereocenters. The van der Waals surface area contributed by atoms with Gasteiger partial charge in [0.1, 0.15) is 0 Å². The van der Waals surface area contributed by atoms with Crippen LogP contribution in [0.4, 0.5) is 0 Å². The summed E-state index contributed by atoms with van der Waals surface area (Å²) in [6.45, 7) is 4.00. The molecule has 18 heavy (non-hydrogen) atoms. The Morgan fingerprint density at radius 3 is 2.78 bits per heavy atom. The summed E-state index contributed by atoms with van der Waals surface area (Å²) in [5, 5.41) is 5.00. The number of ether oxygens (including phenoxy) is 1. The largest absolute Gasteiger partial charge is 0.375 e. The van der Waals surface area contributed by atoms with E-state index in [1.807, 2.05) is 14.0 Å². The van der Waals surface area contributed by atoms with Crippen molar-refractivity contribution in [3.8, 4) is 0 Å². The number of rotatable bonds is 5. The first-order valence-electron chi connectivity index (χ1n) is 6.59. The van der Waals surface area contributed by atoms with Gasteiger partial charge in [-0.3, -0.25) is 4.68 Å². The van der Waals surface area contributed by atoms with Crippen LogP contribution in [0.2, 0.25) is 5.02 Å². The fourth-order valence-electron chi connectivity index (χ4n) is 2.79. The predicted octanol–water partition coefficient (Wildman–Crippen LogP) is 2.27. The lowest BCUT2D eigenvalue weighted by Gasteiger charge is -2.17. The standard InChI is InChI=1S/C13H22ClN3O/c1-9-13(14)12(17(2)16-9)8-18-7-11-5-3-4-10(11)6-15/h10-11H,3-8,15H2,1-2H3. The van der Waals surface area contributed by atoms with Gasteiger partial charge in [-0.2, -0.15) is 5.10 Å². The van der Waals surface area contributed by atoms with Crippen molar-refractivity contribution >= 4 is 11.6 Å². The van der Waals surface area contributed by atoms with Crippen LogP contribution in [0.1, 0.15) is 30.7 Å². The maximum Gasteiger partial charge on any atom is 0.0900 e. The van der Waals surface area contributed by atoms with Crippen LogP contribution in [0.3, 0.4) is 0 Å². The molecule has 0 aromatic carbocycles. The van der Waals surface area contributed by atoms with Crippen molar-refractivity contribution in [3.05, 3.63) is 16.4 Å². The molecule has 2 N–H and O–H groups in total. The average Bonchev–Trinajstić information content (AvgIpc) is 2.89. The van der Waals surface area contributed by atoms with E-state index in [1.54, 1.807) is 4.68 Å². The fourth-order valence-corrected chi connectivity index (χ4v) is 3.00. The summed E-state index contributed by atoms with van der Waals surface area (Å²) in [7, 11) is 1.90. The van der Waals surface area contributed by atoms with Crippen LogP contribution in [0.15, 0.2) is 0 Å². The van der Waals surface area contributed by atoms with E-state index in [1.165, 1.54) is 19.3 Å². The Balaban J connectivity index is 1.85. The third kappa shape index (κ3) is 2.87. The highest BCUT2D eigenvalue weighted by atomic mass is 35.5. The van der Waals surface area contributed by atoms with Gasteiger partial charge in [0.25, 0.3) is 0 Å². The summed E-state index contributed by atoms with van der Waals surface area (Å²) < 4.78 is 7.61. The Kier molecular flexibility index (Phi) is 4.65. The highest BCUT2D eigenvalue weighted by Crippen LogP contribution is 2.31. The van der Waals surface area contributed by atoms with Gasteiger partial charge in [-0.15, -0.1) is 0 Å². The summed E-state index contributed by atoms with van der Waals surface area (Å²) in [5.41, 5.74) is 7.58. The molecule has 0 radical (unpaired) electrons. The lowest BCUT2D eigenvalue weighted by Crippen LogP contribution is -2.22. The molecule has 1 aromatic heterocycles. The zero-order valence-electron chi connectivity index (χ0n) is 11.2. The van der Waals surface area contributed by atoms with E-state index in [-0.39, 0.29) is 0 Å². The molecule has 2 rings (SSSR count). The zero-order valence-corrected chi connectivity index (χ0v) is 11.9. The van der Waals surface area contributed by atoms with E-state index in [4.69, 9.17) is 22.1 Å². The summed E-state index contributed by atoms with van der Waals surface area (Å²) in [4.78, 5) is 0. The molecule has 1 fully saturated rings. The quantitative estimate of drug-likeness (QED) is 0.894. The third-order valence-electron chi connectivity index (χ3n) is 3.95. The minimum absolute atomic E-state index is 0.532. The molecule has 2 unspecified atom stereocenters. The van der Waals surface area contributed by atoms with Crippen LogP contribution in [0.5, 0.6) is 0 Å². The smallest absolute Gasteiger partial charge is 0.0900 e. The van der Waals surface area contributed by atoms with Crippen molar-refractivity contribution in [1.82, 2.24) is 9.78 Å². The van der Waals surface area contributed by atoms with Crippen LogP contribution in [-0.2, 0) is 18.4 Å². The van der Waals surface area contributed by atoms with Crippen LogP contribution in [0.25, 0.3) is 0 Å². The Morgan fingerprint density at radius 1 is 1.44 bits per heavy atom. The lowest BCUT2D eigenvalue weighted by molar-refractivity contribution is 0.0717. The van der Waals surface area contributed by atoms with Crippen molar-refractivity contribution in [1.29, 1.82) is 0 Å². The van der Waals surface area contributed by atoms with E-state index < -0.39 is 0 Å². The zero-order chi connectivity index (χ0) is 13.1. The second-order valence-electron chi connectivity index (χ2n) is 5.17. The van der Waals surface area contributed by atoms with E-state index in [0.717, 1.165) is 29.6 Å². The maximum absolute atomic E-state index is 6.18. The van der Waals surface area contributed by atoms with Gasteiger partial charge < -0.3 is 10.5 Å². The van der Waals surface area contributed by atoms with Crippen molar-refractivity contribution in [2.45, 2.75) is 32.8 Å². The fraction of sp³-hybridized carbons (Fsp3) is 0.769. The van der Waals surface area contributed by atoms with Crippen LogP contribution < -0.4 is 5.73 Å². The summed E-state index contributed by atoms with van der Waals surface area (Å²) >= 11 is 6.18. The van der Waals surface area contributed by atoms with Gasteiger partial charge in [0.15, 0.2) is 0 Å². The first-order valence-corrected chi connectivity index (χ1v) is 6.97. The Morgan fingerprint density at radius 2 is 2.17 bits per heavy atom. The van der Waals surface area contributed by atoms with E-state index in [9.17, 15) is 0 Å². The number of hydrogen-bond acceptors (Lipinski definition) is 3. The molecule has 1 saturated carbocycles. The number of nitrogens with two attached hydrogens (primary N) is 1. The van der Waals surface area contributed by atoms with Gasteiger partial charge >= 0.3 is 0 Å². The van der Waals surface area contributed by atoms with E-state index in [0.29, 0.717) is 18.4 Å². The normalized spacial score (nSPS) is 23.8. The first-order chi connectivity index (χ1) is 8.63. The van der Waals surface area contributed by atoms with Crippen LogP contribution in [0, 0.1) is 18.8 Å². The molecule has 0 bridgehead atoms. The second kappa shape index (κ2) is 6.04. The van der Waals surface area contributed by atoms with E-state index in [2.05, 4.69) is 5.10 Å². The van der Waals surface area contributed by atoms with Crippen molar-refractivity contribution in [2.75, 3.05) is 13.2 Å². The predicted molar refractivity (Wildman–Crippen MR) is 72.5 cm³/mol. The van der Waals surface area contributed by atoms with Gasteiger partial charge in [0.2, 0.25) is 0 Å². The monoisotopic (exact) mass is 271 g/mol. The van der Waals surface area contributed by atoms with Gasteiger partial charge in [0.05, 0.1) is 29.6 Å². The molecule has 1 aromatic rings. The molecule has 5 heteroatoms. The molecule has 0 aliphatic heterocycles. The minimum atomic E-state index is 0.532. The molecule has 1 aliphatic rings. The van der Waals surface area contributed by atoms with Gasteiger partial charge in [-0.25, -0.2) is 0 Å². The highest BCUT2D eigenvalue weighted by molar-refractivity contribution is 6.31. The number of hydrogen-bond donors (Lipinski definition) is 1. The molecule has 4 nitrogen and oxygen atoms in total. The van der Waals surface area contributed by atoms with Gasteiger partial charge in [0, 0.05) is 7.05 Å². The Bertz CT molecular complexity index is 405. The van der Waals surface area contributed by atoms with Crippen molar-refractivity contribution in [2.24, 2.45) is 24.6 Å². The van der Waals surface area contributed by atoms with Crippen molar-refractivity contribution < 1.29 is 4.74 Å². The Labute approximate surface area is 113 Å². The summed E-state index contributed by atoms with van der Waals surface area (Å²) in [6, 6.07) is 0. The lowest BCUT2D eigenvalue weighted by atomic mass is 9.97. The molecule has 0 spiro atoms. The van der Waals surface area contributed by atoms with Gasteiger partial charge in [-0.05, 0) is 38.1 Å². The average molecular weight is 272 g/mol. The summed E-state index contributed by atoms with van der Waals surface area (Å²) in [5.74, 6) is 1.25. The molecule has 0 saturated heterocycles. The molecule has 1 heterocycles. The molecule has 0 amide bonds. The number of aryl methyl sites for hydroxylation is 2. The van der Waals surface area contributed by atoms with Crippen molar-refractivity contribution in [3.63, 3.8) is 0 Å². The molecule has 1 aliphatic carbocycles. The number of aromatic nitrogens is 2. The third-order valence-corrected chi connectivity index (χ3v) is 4.44. The van der Waals surface area contributed by atoms with Crippen LogP contribution >= 0.6 is 11.6 Å². The molecular formula is C13H22ClN3O. The maximum atomic E-state index is 6.18. The van der Waals surface area contributed by atoms with Crippen LogP contribution in [-0.4, -0.2) is 22.9 Å². The van der Waals surface area contributed by atoms with E-state index >= 15 is 0 Å². The number of nitrogens with zero attached hydrogens (tertiary/aromatic N) is 2. The number of halogens is 1. The molecular weight excluding hydrogens is 250 g/mol. The minimum Gasteiger partial charge on any atom is -0.375 e. The topological polar surface area (TPSA) is 53.1 Å². The van der Waals surface area contributed by atoms with Gasteiger partial charge in [-0.1, -0.05) is 18.0 Å². The first kappa shape index (κ1) is 13.8.